The van der Waals surface area contributed by atoms with Crippen LogP contribution in [0.15, 0.2) is 0 Å². The average Bonchev–Trinajstić information content (AvgIpc) is 2.60. The van der Waals surface area contributed by atoms with Crippen molar-refractivity contribution in [2.45, 2.75) is 51.5 Å². The largest absolute Gasteiger partial charge is 0.396 e. The fraction of sp³-hybridized carbons (Fsp3) is 1.00. The second kappa shape index (κ2) is 6.39. The van der Waals surface area contributed by atoms with Gasteiger partial charge in [-0.25, -0.2) is 0 Å². The third-order valence-corrected chi connectivity index (χ3v) is 3.07. The number of unbranched alkanes of at least 4 members (excludes halogenated alkanes) is 2. The van der Waals surface area contributed by atoms with Crippen molar-refractivity contribution in [2.24, 2.45) is 0 Å². The van der Waals surface area contributed by atoms with Crippen LogP contribution in [0.5, 0.6) is 0 Å². The lowest BCUT2D eigenvalue weighted by molar-refractivity contribution is 0.235. The second-order valence-electron chi connectivity index (χ2n) is 4.02. The molecule has 0 aliphatic carbocycles. The Morgan fingerprint density at radius 3 is 2.85 bits per heavy atom. The van der Waals surface area contributed by atoms with E-state index >= 15 is 0 Å². The van der Waals surface area contributed by atoms with E-state index < -0.39 is 0 Å². The molecule has 0 amide bonds. The van der Waals surface area contributed by atoms with Crippen molar-refractivity contribution in [3.8, 4) is 0 Å². The van der Waals surface area contributed by atoms with Gasteiger partial charge in [0.05, 0.1) is 0 Å². The Labute approximate surface area is 81.9 Å². The first-order valence-electron chi connectivity index (χ1n) is 5.73. The van der Waals surface area contributed by atoms with Crippen LogP contribution >= 0.6 is 0 Å². The highest BCUT2D eigenvalue weighted by Crippen LogP contribution is 2.19. The van der Waals surface area contributed by atoms with Crippen LogP contribution in [-0.4, -0.2) is 35.7 Å². The highest BCUT2D eigenvalue weighted by Gasteiger charge is 2.21. The van der Waals surface area contributed by atoms with Gasteiger partial charge >= 0.3 is 0 Å². The first kappa shape index (κ1) is 11.0. The highest BCUT2D eigenvalue weighted by atomic mass is 16.2. The molecule has 1 atom stereocenters. The second-order valence-corrected chi connectivity index (χ2v) is 4.02. The quantitative estimate of drug-likeness (QED) is 0.640. The summed E-state index contributed by atoms with van der Waals surface area (Å²) in [7, 11) is 0. The first-order valence-corrected chi connectivity index (χ1v) is 5.73. The molecule has 1 unspecified atom stereocenters. The first-order chi connectivity index (χ1) is 6.38. The van der Waals surface area contributed by atoms with Crippen LogP contribution in [0.2, 0.25) is 0 Å². The maximum atomic E-state index is 8.64. The summed E-state index contributed by atoms with van der Waals surface area (Å²) in [5, 5.41) is 8.64. The molecule has 78 valence electrons. The van der Waals surface area contributed by atoms with E-state index in [0.29, 0.717) is 6.61 Å². The summed E-state index contributed by atoms with van der Waals surface area (Å²) < 4.78 is 0. The lowest BCUT2D eigenvalue weighted by atomic mass is 10.1. The zero-order valence-electron chi connectivity index (χ0n) is 8.84. The SMILES string of the molecule is CCC1CCCN1CCCCCO. The van der Waals surface area contributed by atoms with E-state index in [9.17, 15) is 0 Å². The number of hydrogen-bond donors (Lipinski definition) is 1. The molecule has 0 spiro atoms. The number of hydrogen-bond acceptors (Lipinski definition) is 2. The molecule has 0 aromatic heterocycles. The Kier molecular flexibility index (Phi) is 5.40. The Balaban J connectivity index is 2.06. The van der Waals surface area contributed by atoms with Crippen molar-refractivity contribution in [2.75, 3.05) is 19.7 Å². The van der Waals surface area contributed by atoms with Crippen LogP contribution in [0, 0.1) is 0 Å². The lowest BCUT2D eigenvalue weighted by Crippen LogP contribution is -2.29. The van der Waals surface area contributed by atoms with Crippen LogP contribution < -0.4 is 0 Å². The molecule has 1 N–H and O–H groups in total. The van der Waals surface area contributed by atoms with Gasteiger partial charge in [0, 0.05) is 12.6 Å². The predicted octanol–water partition coefficient (Wildman–Crippen LogP) is 2.02. The Hall–Kier alpha value is -0.0800. The molecule has 0 bridgehead atoms. The average molecular weight is 185 g/mol. The zero-order chi connectivity index (χ0) is 9.52. The molecule has 2 nitrogen and oxygen atoms in total. The summed E-state index contributed by atoms with van der Waals surface area (Å²) in [5.41, 5.74) is 0. The van der Waals surface area contributed by atoms with Crippen LogP contribution in [0.1, 0.15) is 45.4 Å². The van der Waals surface area contributed by atoms with E-state index in [0.717, 1.165) is 12.5 Å². The standard InChI is InChI=1S/C11H23NO/c1-2-11-7-6-9-12(11)8-4-3-5-10-13/h11,13H,2-10H2,1H3. The van der Waals surface area contributed by atoms with Crippen LogP contribution in [0.4, 0.5) is 0 Å². The van der Waals surface area contributed by atoms with E-state index in [1.807, 2.05) is 0 Å². The number of likely N-dealkylation sites (tertiary alicyclic amines) is 1. The van der Waals surface area contributed by atoms with Gasteiger partial charge in [0.15, 0.2) is 0 Å². The van der Waals surface area contributed by atoms with Gasteiger partial charge in [-0.05, 0) is 51.6 Å². The fourth-order valence-corrected chi connectivity index (χ4v) is 2.26. The van der Waals surface area contributed by atoms with Gasteiger partial charge in [0.2, 0.25) is 0 Å². The molecule has 0 aromatic carbocycles. The van der Waals surface area contributed by atoms with E-state index in [1.165, 1.54) is 45.2 Å². The van der Waals surface area contributed by atoms with Gasteiger partial charge in [-0.15, -0.1) is 0 Å². The summed E-state index contributed by atoms with van der Waals surface area (Å²) in [4.78, 5) is 2.62. The van der Waals surface area contributed by atoms with Crippen molar-refractivity contribution in [1.82, 2.24) is 4.90 Å². The van der Waals surface area contributed by atoms with Crippen LogP contribution in [0.3, 0.4) is 0 Å². The van der Waals surface area contributed by atoms with Crippen LogP contribution in [0.25, 0.3) is 0 Å². The van der Waals surface area contributed by atoms with Gasteiger partial charge in [0.1, 0.15) is 0 Å². The zero-order valence-corrected chi connectivity index (χ0v) is 8.84. The topological polar surface area (TPSA) is 23.5 Å². The van der Waals surface area contributed by atoms with E-state index in [2.05, 4.69) is 11.8 Å². The van der Waals surface area contributed by atoms with Gasteiger partial charge in [-0.3, -0.25) is 0 Å². The molecule has 0 aromatic rings. The number of aliphatic hydroxyl groups is 1. The molecule has 1 saturated heterocycles. The maximum Gasteiger partial charge on any atom is 0.0431 e. The van der Waals surface area contributed by atoms with Crippen molar-refractivity contribution in [1.29, 1.82) is 0 Å². The van der Waals surface area contributed by atoms with Crippen LogP contribution in [-0.2, 0) is 0 Å². The summed E-state index contributed by atoms with van der Waals surface area (Å²) in [5.74, 6) is 0. The number of rotatable bonds is 6. The molecule has 1 heterocycles. The molecule has 1 fully saturated rings. The third kappa shape index (κ3) is 3.65. The van der Waals surface area contributed by atoms with E-state index in [1.54, 1.807) is 0 Å². The predicted molar refractivity (Wildman–Crippen MR) is 55.8 cm³/mol. The normalized spacial score (nSPS) is 24.0. The van der Waals surface area contributed by atoms with Crippen molar-refractivity contribution in [3.63, 3.8) is 0 Å². The summed E-state index contributed by atoms with van der Waals surface area (Å²) in [6.45, 7) is 5.20. The minimum absolute atomic E-state index is 0.358. The highest BCUT2D eigenvalue weighted by molar-refractivity contribution is 4.77. The minimum Gasteiger partial charge on any atom is -0.396 e. The third-order valence-electron chi connectivity index (χ3n) is 3.07. The van der Waals surface area contributed by atoms with Gasteiger partial charge in [-0.1, -0.05) is 6.92 Å². The molecule has 2 heteroatoms. The molecule has 1 aliphatic rings. The van der Waals surface area contributed by atoms with E-state index in [4.69, 9.17) is 5.11 Å². The van der Waals surface area contributed by atoms with Gasteiger partial charge in [0.25, 0.3) is 0 Å². The lowest BCUT2D eigenvalue weighted by Gasteiger charge is -2.22. The van der Waals surface area contributed by atoms with Crippen molar-refractivity contribution >= 4 is 0 Å². The molecule has 1 rings (SSSR count). The summed E-state index contributed by atoms with van der Waals surface area (Å²) >= 11 is 0. The number of nitrogens with zero attached hydrogens (tertiary/aromatic N) is 1. The molecular formula is C11H23NO. The molecule has 1 aliphatic heterocycles. The van der Waals surface area contributed by atoms with Crippen molar-refractivity contribution in [3.05, 3.63) is 0 Å². The fourth-order valence-electron chi connectivity index (χ4n) is 2.26. The monoisotopic (exact) mass is 185 g/mol. The maximum absolute atomic E-state index is 8.64. The molecule has 0 radical (unpaired) electrons. The molecule has 13 heavy (non-hydrogen) atoms. The summed E-state index contributed by atoms with van der Waals surface area (Å²) in [6.07, 6.45) is 7.51. The number of aliphatic hydroxyl groups excluding tert-OH is 1. The smallest absolute Gasteiger partial charge is 0.0431 e. The van der Waals surface area contributed by atoms with E-state index in [-0.39, 0.29) is 0 Å². The van der Waals surface area contributed by atoms with Crippen molar-refractivity contribution < 1.29 is 5.11 Å². The molecule has 0 saturated carbocycles. The summed E-state index contributed by atoms with van der Waals surface area (Å²) in [6, 6.07) is 0.856. The Morgan fingerprint density at radius 1 is 1.31 bits per heavy atom. The van der Waals surface area contributed by atoms with Gasteiger partial charge < -0.3 is 10.0 Å². The molecular weight excluding hydrogens is 162 g/mol. The van der Waals surface area contributed by atoms with Gasteiger partial charge in [-0.2, -0.15) is 0 Å². The minimum atomic E-state index is 0.358. The Bertz CT molecular complexity index is 127. The Morgan fingerprint density at radius 2 is 2.15 bits per heavy atom.